The first-order valence-corrected chi connectivity index (χ1v) is 8.22. The number of ether oxygens (including phenoxy) is 2. The predicted molar refractivity (Wildman–Crippen MR) is 99.0 cm³/mol. The molecule has 1 aromatic carbocycles. The molecule has 1 rings (SSSR count). The Morgan fingerprint density at radius 2 is 2.16 bits per heavy atom. The molecule has 25 heavy (non-hydrogen) atoms. The number of methoxy groups -OCH3 is 1. The number of allylic oxidation sites excluding steroid dienone is 1. The molecule has 1 amide bonds. The molecule has 0 saturated carbocycles. The molecule has 0 radical (unpaired) electrons. The average molecular weight is 348 g/mol. The first kappa shape index (κ1) is 20.7. The molecule has 4 N–H and O–H groups in total. The molecule has 0 aliphatic rings. The average Bonchev–Trinajstić information content (AvgIpc) is 2.56. The first-order chi connectivity index (χ1) is 11.9. The highest BCUT2D eigenvalue weighted by Crippen LogP contribution is 2.23. The van der Waals surface area contributed by atoms with Crippen LogP contribution in [0.4, 0.5) is 4.79 Å². The number of rotatable bonds is 9. The summed E-state index contributed by atoms with van der Waals surface area (Å²) in [6, 6.07) is 5.53. The number of nitrogens with two attached hydrogens (primary N) is 1. The summed E-state index contributed by atoms with van der Waals surface area (Å²) in [6.45, 7) is 7.78. The number of hydrogen-bond acceptors (Lipinski definition) is 5. The van der Waals surface area contributed by atoms with E-state index >= 15 is 0 Å². The van der Waals surface area contributed by atoms with Gasteiger partial charge in [-0.15, -0.1) is 6.58 Å². The van der Waals surface area contributed by atoms with Gasteiger partial charge in [0, 0.05) is 6.20 Å². The van der Waals surface area contributed by atoms with Crippen LogP contribution in [0.15, 0.2) is 37.1 Å². The lowest BCUT2D eigenvalue weighted by Gasteiger charge is -2.23. The Morgan fingerprint density at radius 1 is 1.44 bits per heavy atom. The van der Waals surface area contributed by atoms with Crippen molar-refractivity contribution in [2.24, 2.45) is 11.7 Å². The fraction of sp³-hybridized carbons (Fsp3) is 0.421. The molecule has 138 valence electrons. The van der Waals surface area contributed by atoms with Gasteiger partial charge in [0.05, 0.1) is 7.11 Å². The summed E-state index contributed by atoms with van der Waals surface area (Å²) < 4.78 is 10.2. The molecule has 0 bridgehead atoms. The van der Waals surface area contributed by atoms with Crippen molar-refractivity contribution in [3.63, 3.8) is 0 Å². The van der Waals surface area contributed by atoms with Crippen molar-refractivity contribution in [3.05, 3.63) is 48.2 Å². The molecular formula is C19H28N2O4. The summed E-state index contributed by atoms with van der Waals surface area (Å²) >= 11 is 0. The lowest BCUT2D eigenvalue weighted by molar-refractivity contribution is 0.0264. The van der Waals surface area contributed by atoms with Crippen LogP contribution in [0.3, 0.4) is 0 Å². The Balaban J connectivity index is 2.86. The van der Waals surface area contributed by atoms with Gasteiger partial charge in [0.1, 0.15) is 11.9 Å². The molecule has 0 aromatic heterocycles. The van der Waals surface area contributed by atoms with Gasteiger partial charge in [-0.3, -0.25) is 11.1 Å². The SMILES string of the molecule is C=CCc1cc(C=CNC(=O)OC)ccc1OC(N)C(O)CC(C)C. The normalized spacial score (nSPS) is 13.5. The minimum absolute atomic E-state index is 0.326. The second kappa shape index (κ2) is 10.5. The molecule has 2 atom stereocenters. The van der Waals surface area contributed by atoms with Crippen molar-refractivity contribution >= 4 is 12.2 Å². The van der Waals surface area contributed by atoms with E-state index in [-0.39, 0.29) is 0 Å². The van der Waals surface area contributed by atoms with Crippen LogP contribution in [0.2, 0.25) is 0 Å². The van der Waals surface area contributed by atoms with Crippen molar-refractivity contribution in [2.45, 2.75) is 39.0 Å². The number of benzene rings is 1. The Hall–Kier alpha value is -2.31. The van der Waals surface area contributed by atoms with Crippen LogP contribution in [-0.4, -0.2) is 30.6 Å². The number of alkyl carbamates (subject to hydrolysis) is 1. The molecule has 0 fully saturated rings. The Bertz CT molecular complexity index is 599. The third kappa shape index (κ3) is 7.41. The largest absolute Gasteiger partial charge is 0.473 e. The highest BCUT2D eigenvalue weighted by molar-refractivity contribution is 5.69. The maximum atomic E-state index is 11.0. The van der Waals surface area contributed by atoms with Gasteiger partial charge in [0.2, 0.25) is 0 Å². The number of aliphatic hydroxyl groups is 1. The van der Waals surface area contributed by atoms with Crippen LogP contribution in [0.5, 0.6) is 5.75 Å². The Kier molecular flexibility index (Phi) is 8.74. The first-order valence-electron chi connectivity index (χ1n) is 8.22. The molecule has 2 unspecified atom stereocenters. The predicted octanol–water partition coefficient (Wildman–Crippen LogP) is 2.81. The topological polar surface area (TPSA) is 93.8 Å². The molecule has 0 saturated heterocycles. The highest BCUT2D eigenvalue weighted by atomic mass is 16.5. The number of aliphatic hydroxyl groups excluding tert-OH is 1. The minimum atomic E-state index is -0.798. The molecule has 6 heteroatoms. The van der Waals surface area contributed by atoms with Gasteiger partial charge in [-0.25, -0.2) is 4.79 Å². The summed E-state index contributed by atoms with van der Waals surface area (Å²) in [5.41, 5.74) is 7.72. The van der Waals surface area contributed by atoms with Crippen LogP contribution in [0.1, 0.15) is 31.4 Å². The Morgan fingerprint density at radius 3 is 2.76 bits per heavy atom. The summed E-state index contributed by atoms with van der Waals surface area (Å²) in [5.74, 6) is 0.931. The molecule has 0 spiro atoms. The van der Waals surface area contributed by atoms with Gasteiger partial charge < -0.3 is 14.6 Å². The highest BCUT2D eigenvalue weighted by Gasteiger charge is 2.19. The third-order valence-electron chi connectivity index (χ3n) is 3.47. The van der Waals surface area contributed by atoms with Crippen molar-refractivity contribution in [1.82, 2.24) is 5.32 Å². The van der Waals surface area contributed by atoms with Gasteiger partial charge in [-0.1, -0.05) is 26.0 Å². The smallest absolute Gasteiger partial charge is 0.410 e. The summed E-state index contributed by atoms with van der Waals surface area (Å²) in [5, 5.41) is 12.5. The van der Waals surface area contributed by atoms with Crippen molar-refractivity contribution in [2.75, 3.05) is 7.11 Å². The molecule has 6 nitrogen and oxygen atoms in total. The molecular weight excluding hydrogens is 320 g/mol. The van der Waals surface area contributed by atoms with Crippen LogP contribution in [-0.2, 0) is 11.2 Å². The van der Waals surface area contributed by atoms with Crippen LogP contribution in [0, 0.1) is 5.92 Å². The molecule has 0 aliphatic carbocycles. The lowest BCUT2D eigenvalue weighted by Crippen LogP contribution is -2.40. The number of carbonyl (C=O) groups is 1. The lowest BCUT2D eigenvalue weighted by atomic mass is 10.0. The zero-order chi connectivity index (χ0) is 18.8. The third-order valence-corrected chi connectivity index (χ3v) is 3.47. The zero-order valence-electron chi connectivity index (χ0n) is 15.1. The van der Waals surface area contributed by atoms with Gasteiger partial charge in [-0.05, 0) is 48.1 Å². The van der Waals surface area contributed by atoms with Crippen molar-refractivity contribution in [3.8, 4) is 5.75 Å². The Labute approximate surface area is 149 Å². The van der Waals surface area contributed by atoms with Gasteiger partial charge in [0.15, 0.2) is 6.23 Å². The van der Waals surface area contributed by atoms with Gasteiger partial charge in [-0.2, -0.15) is 0 Å². The maximum absolute atomic E-state index is 11.0. The summed E-state index contributed by atoms with van der Waals surface area (Å²) in [4.78, 5) is 11.0. The van der Waals surface area contributed by atoms with Crippen LogP contribution in [0.25, 0.3) is 6.08 Å². The maximum Gasteiger partial charge on any atom is 0.410 e. The van der Waals surface area contributed by atoms with Crippen LogP contribution >= 0.6 is 0 Å². The van der Waals surface area contributed by atoms with E-state index in [0.29, 0.717) is 24.5 Å². The van der Waals surface area contributed by atoms with Gasteiger partial charge >= 0.3 is 6.09 Å². The number of hydrogen-bond donors (Lipinski definition) is 3. The van der Waals surface area contributed by atoms with E-state index in [4.69, 9.17) is 10.5 Å². The molecule has 0 heterocycles. The monoisotopic (exact) mass is 348 g/mol. The summed E-state index contributed by atoms with van der Waals surface area (Å²) in [6.07, 6.45) is 4.09. The molecule has 1 aromatic rings. The standard InChI is InChI=1S/C19H28N2O4/c1-5-6-15-12-14(9-10-21-19(23)24-4)7-8-17(15)25-18(20)16(22)11-13(2)3/h5,7-10,12-13,16,18,22H,1,6,11,20H2,2-4H3,(H,21,23). The fourth-order valence-corrected chi connectivity index (χ4v) is 2.24. The van der Waals surface area contributed by atoms with E-state index < -0.39 is 18.4 Å². The fourth-order valence-electron chi connectivity index (χ4n) is 2.24. The van der Waals surface area contributed by atoms with Crippen molar-refractivity contribution in [1.29, 1.82) is 0 Å². The van der Waals surface area contributed by atoms with E-state index in [1.165, 1.54) is 13.3 Å². The van der Waals surface area contributed by atoms with E-state index in [1.807, 2.05) is 26.0 Å². The number of amides is 1. The zero-order valence-corrected chi connectivity index (χ0v) is 15.1. The quantitative estimate of drug-likeness (QED) is 0.471. The molecule has 0 aliphatic heterocycles. The summed E-state index contributed by atoms with van der Waals surface area (Å²) in [7, 11) is 1.30. The number of nitrogens with one attached hydrogen (secondary N) is 1. The van der Waals surface area contributed by atoms with E-state index in [0.717, 1.165) is 11.1 Å². The van der Waals surface area contributed by atoms with Gasteiger partial charge in [0.25, 0.3) is 0 Å². The van der Waals surface area contributed by atoms with E-state index in [2.05, 4.69) is 16.6 Å². The number of carbonyl (C=O) groups excluding carboxylic acids is 1. The second-order valence-corrected chi connectivity index (χ2v) is 6.11. The van der Waals surface area contributed by atoms with E-state index in [9.17, 15) is 9.90 Å². The van der Waals surface area contributed by atoms with Crippen LogP contribution < -0.4 is 15.8 Å². The van der Waals surface area contributed by atoms with Crippen molar-refractivity contribution < 1.29 is 19.4 Å². The minimum Gasteiger partial charge on any atom is -0.473 e. The second-order valence-electron chi connectivity index (χ2n) is 6.11. The van der Waals surface area contributed by atoms with E-state index in [1.54, 1.807) is 18.2 Å².